The minimum Gasteiger partial charge on any atom is -0.350 e. The average Bonchev–Trinajstić information content (AvgIpc) is 2.46. The van der Waals surface area contributed by atoms with Crippen LogP contribution in [-0.2, 0) is 13.0 Å². The Hall–Kier alpha value is -2.37. The number of pyridine rings is 1. The number of aromatic amines is 2. The topological polar surface area (TPSA) is 81.9 Å². The second kappa shape index (κ2) is 5.20. The van der Waals surface area contributed by atoms with Gasteiger partial charge < -0.3 is 9.88 Å². The number of H-pyrrole nitrogens is 2. The van der Waals surface area contributed by atoms with Gasteiger partial charge in [-0.05, 0) is 24.0 Å². The third-order valence-corrected chi connectivity index (χ3v) is 3.87. The SMILES string of the molecule is CC(C)c1ccc(N2CCc3c([nH]c(=O)[nH]c3=O)C2)nc1. The lowest BCUT2D eigenvalue weighted by atomic mass is 10.1. The predicted octanol–water partition coefficient (Wildman–Crippen LogP) is 1.14. The van der Waals surface area contributed by atoms with Crippen LogP contribution in [0.25, 0.3) is 0 Å². The minimum absolute atomic E-state index is 0.281. The maximum atomic E-state index is 11.7. The zero-order valence-electron chi connectivity index (χ0n) is 12.1. The highest BCUT2D eigenvalue weighted by molar-refractivity contribution is 5.43. The molecule has 6 nitrogen and oxygen atoms in total. The number of fused-ring (bicyclic) bond motifs is 1. The molecule has 0 spiro atoms. The first-order valence-corrected chi connectivity index (χ1v) is 7.10. The number of hydrogen-bond donors (Lipinski definition) is 2. The highest BCUT2D eigenvalue weighted by Crippen LogP contribution is 2.21. The fourth-order valence-electron chi connectivity index (χ4n) is 2.60. The smallest absolute Gasteiger partial charge is 0.325 e. The lowest BCUT2D eigenvalue weighted by molar-refractivity contribution is 0.681. The fourth-order valence-corrected chi connectivity index (χ4v) is 2.60. The van der Waals surface area contributed by atoms with Crippen LogP contribution in [0, 0.1) is 0 Å². The number of aromatic nitrogens is 3. The molecular weight excluding hydrogens is 268 g/mol. The first kappa shape index (κ1) is 13.6. The lowest BCUT2D eigenvalue weighted by Crippen LogP contribution is -2.38. The van der Waals surface area contributed by atoms with E-state index in [1.165, 1.54) is 5.56 Å². The Morgan fingerprint density at radius 1 is 1.24 bits per heavy atom. The van der Waals surface area contributed by atoms with Crippen LogP contribution in [0.4, 0.5) is 5.82 Å². The van der Waals surface area contributed by atoms with E-state index < -0.39 is 5.69 Å². The molecule has 0 radical (unpaired) electrons. The van der Waals surface area contributed by atoms with Crippen molar-refractivity contribution in [2.45, 2.75) is 32.7 Å². The van der Waals surface area contributed by atoms with Gasteiger partial charge in [-0.1, -0.05) is 19.9 Å². The maximum Gasteiger partial charge on any atom is 0.325 e. The molecule has 6 heteroatoms. The van der Waals surface area contributed by atoms with Crippen LogP contribution in [0.2, 0.25) is 0 Å². The van der Waals surface area contributed by atoms with E-state index in [4.69, 9.17) is 0 Å². The average molecular weight is 286 g/mol. The normalized spacial score (nSPS) is 14.3. The quantitative estimate of drug-likeness (QED) is 0.867. The van der Waals surface area contributed by atoms with Crippen LogP contribution in [0.15, 0.2) is 27.9 Å². The van der Waals surface area contributed by atoms with E-state index in [9.17, 15) is 9.59 Å². The molecule has 0 atom stereocenters. The van der Waals surface area contributed by atoms with Gasteiger partial charge in [0.1, 0.15) is 5.82 Å². The molecule has 21 heavy (non-hydrogen) atoms. The van der Waals surface area contributed by atoms with E-state index in [1.54, 1.807) is 0 Å². The van der Waals surface area contributed by atoms with E-state index >= 15 is 0 Å². The van der Waals surface area contributed by atoms with Gasteiger partial charge in [-0.3, -0.25) is 9.78 Å². The van der Waals surface area contributed by atoms with Crippen LogP contribution in [0.1, 0.15) is 36.6 Å². The molecule has 0 fully saturated rings. The van der Waals surface area contributed by atoms with Crippen molar-refractivity contribution in [3.63, 3.8) is 0 Å². The largest absolute Gasteiger partial charge is 0.350 e. The van der Waals surface area contributed by atoms with Crippen LogP contribution < -0.4 is 16.1 Å². The van der Waals surface area contributed by atoms with Gasteiger partial charge in [0.2, 0.25) is 0 Å². The molecule has 0 saturated heterocycles. The van der Waals surface area contributed by atoms with E-state index in [2.05, 4.69) is 39.8 Å². The Morgan fingerprint density at radius 2 is 2.05 bits per heavy atom. The maximum absolute atomic E-state index is 11.7. The van der Waals surface area contributed by atoms with Gasteiger partial charge in [0.15, 0.2) is 0 Å². The number of nitrogens with one attached hydrogen (secondary N) is 2. The fraction of sp³-hybridized carbons (Fsp3) is 0.400. The molecule has 110 valence electrons. The van der Waals surface area contributed by atoms with E-state index in [0.29, 0.717) is 30.1 Å². The summed E-state index contributed by atoms with van der Waals surface area (Å²) in [5.41, 5.74) is 1.82. The summed E-state index contributed by atoms with van der Waals surface area (Å²) in [7, 11) is 0. The van der Waals surface area contributed by atoms with Crippen molar-refractivity contribution in [2.75, 3.05) is 11.4 Å². The van der Waals surface area contributed by atoms with Crippen LogP contribution >= 0.6 is 0 Å². The third kappa shape index (κ3) is 2.61. The molecule has 0 amide bonds. The minimum atomic E-state index is -0.455. The van der Waals surface area contributed by atoms with Crippen LogP contribution in [0.5, 0.6) is 0 Å². The second-order valence-corrected chi connectivity index (χ2v) is 5.64. The monoisotopic (exact) mass is 286 g/mol. The van der Waals surface area contributed by atoms with Crippen molar-refractivity contribution in [3.8, 4) is 0 Å². The predicted molar refractivity (Wildman–Crippen MR) is 80.8 cm³/mol. The second-order valence-electron chi connectivity index (χ2n) is 5.64. The summed E-state index contributed by atoms with van der Waals surface area (Å²) < 4.78 is 0. The Kier molecular flexibility index (Phi) is 3.37. The van der Waals surface area contributed by atoms with Crippen molar-refractivity contribution in [1.82, 2.24) is 15.0 Å². The van der Waals surface area contributed by atoms with Gasteiger partial charge in [0.05, 0.1) is 6.54 Å². The zero-order chi connectivity index (χ0) is 15.0. The van der Waals surface area contributed by atoms with Gasteiger partial charge in [-0.15, -0.1) is 0 Å². The Morgan fingerprint density at radius 3 is 2.71 bits per heavy atom. The molecule has 1 aliphatic rings. The number of anilines is 1. The molecule has 3 rings (SSSR count). The summed E-state index contributed by atoms with van der Waals surface area (Å²) in [4.78, 5) is 34.7. The molecule has 2 aromatic heterocycles. The van der Waals surface area contributed by atoms with Crippen LogP contribution in [0.3, 0.4) is 0 Å². The molecule has 2 aromatic rings. The summed E-state index contributed by atoms with van der Waals surface area (Å²) in [5.74, 6) is 1.31. The molecule has 0 aliphatic carbocycles. The molecule has 0 unspecified atom stereocenters. The number of rotatable bonds is 2. The highest BCUT2D eigenvalue weighted by Gasteiger charge is 2.20. The zero-order valence-corrected chi connectivity index (χ0v) is 12.1. The molecular formula is C15H18N4O2. The van der Waals surface area contributed by atoms with Gasteiger partial charge in [-0.2, -0.15) is 0 Å². The molecule has 0 aromatic carbocycles. The van der Waals surface area contributed by atoms with Gasteiger partial charge in [0.25, 0.3) is 5.56 Å². The number of nitrogens with zero attached hydrogens (tertiary/aromatic N) is 2. The molecule has 1 aliphatic heterocycles. The van der Waals surface area contributed by atoms with E-state index in [0.717, 1.165) is 12.4 Å². The number of hydrogen-bond acceptors (Lipinski definition) is 4. The van der Waals surface area contributed by atoms with Gasteiger partial charge in [0, 0.05) is 24.0 Å². The Labute approximate surface area is 121 Å². The van der Waals surface area contributed by atoms with Crippen LogP contribution in [-0.4, -0.2) is 21.5 Å². The van der Waals surface area contributed by atoms with E-state index in [1.807, 2.05) is 12.3 Å². The van der Waals surface area contributed by atoms with Crippen molar-refractivity contribution in [2.24, 2.45) is 0 Å². The van der Waals surface area contributed by atoms with Gasteiger partial charge in [-0.25, -0.2) is 9.78 Å². The summed E-state index contributed by atoms with van der Waals surface area (Å²) in [5, 5.41) is 0. The standard InChI is InChI=1S/C15H18N4O2/c1-9(2)10-3-4-13(16-7-10)19-6-5-11-12(8-19)17-15(21)18-14(11)20/h3-4,7,9H,5-6,8H2,1-2H3,(H2,17,18,20,21). The molecule has 0 bridgehead atoms. The summed E-state index contributed by atoms with van der Waals surface area (Å²) in [6, 6.07) is 4.06. The van der Waals surface area contributed by atoms with Crippen molar-refractivity contribution >= 4 is 5.82 Å². The van der Waals surface area contributed by atoms with Crippen molar-refractivity contribution < 1.29 is 0 Å². The first-order chi connectivity index (χ1) is 10.0. The van der Waals surface area contributed by atoms with Crippen molar-refractivity contribution in [1.29, 1.82) is 0 Å². The Bertz CT molecular complexity index is 758. The van der Waals surface area contributed by atoms with Crippen molar-refractivity contribution in [3.05, 3.63) is 56.0 Å². The summed E-state index contributed by atoms with van der Waals surface area (Å²) in [6.07, 6.45) is 2.49. The first-order valence-electron chi connectivity index (χ1n) is 7.10. The molecule has 3 heterocycles. The lowest BCUT2D eigenvalue weighted by Gasteiger charge is -2.28. The third-order valence-electron chi connectivity index (χ3n) is 3.87. The Balaban J connectivity index is 1.89. The summed E-state index contributed by atoms with van der Waals surface area (Å²) >= 11 is 0. The highest BCUT2D eigenvalue weighted by atomic mass is 16.2. The molecule has 2 N–H and O–H groups in total. The van der Waals surface area contributed by atoms with E-state index in [-0.39, 0.29) is 5.56 Å². The van der Waals surface area contributed by atoms with Gasteiger partial charge >= 0.3 is 5.69 Å². The summed E-state index contributed by atoms with van der Waals surface area (Å²) in [6.45, 7) is 5.48. The molecule has 0 saturated carbocycles.